The SMILES string of the molecule is CCS(=O)(=O)NCCCN1CCc2c(cccc2NC(=O)Nc2ccc(C)nc2)C1. The van der Waals surface area contributed by atoms with Gasteiger partial charge in [0.1, 0.15) is 0 Å². The van der Waals surface area contributed by atoms with Crippen LogP contribution < -0.4 is 15.4 Å². The summed E-state index contributed by atoms with van der Waals surface area (Å²) in [6, 6.07) is 9.32. The van der Waals surface area contributed by atoms with Crippen molar-refractivity contribution in [3.8, 4) is 0 Å². The lowest BCUT2D eigenvalue weighted by molar-refractivity contribution is 0.251. The number of fused-ring (bicyclic) bond motifs is 1. The quantitative estimate of drug-likeness (QED) is 0.558. The molecule has 0 aliphatic carbocycles. The van der Waals surface area contributed by atoms with Crippen LogP contribution in [0.2, 0.25) is 0 Å². The third-order valence-electron chi connectivity index (χ3n) is 5.12. The molecule has 30 heavy (non-hydrogen) atoms. The van der Waals surface area contributed by atoms with Crippen LogP contribution in [0.3, 0.4) is 0 Å². The lowest BCUT2D eigenvalue weighted by atomic mass is 9.97. The van der Waals surface area contributed by atoms with Crippen LogP contribution in [0.15, 0.2) is 36.5 Å². The molecule has 0 fully saturated rings. The Morgan fingerprint density at radius 3 is 2.77 bits per heavy atom. The molecule has 2 aromatic rings. The van der Waals surface area contributed by atoms with Gasteiger partial charge in [-0.25, -0.2) is 17.9 Å². The van der Waals surface area contributed by atoms with Crippen LogP contribution in [0.5, 0.6) is 0 Å². The fraction of sp³-hybridized carbons (Fsp3) is 0.429. The number of aryl methyl sites for hydroxylation is 1. The van der Waals surface area contributed by atoms with E-state index in [2.05, 4.69) is 31.3 Å². The summed E-state index contributed by atoms with van der Waals surface area (Å²) < 4.78 is 25.6. The normalized spacial score (nSPS) is 14.2. The second-order valence-corrected chi connectivity index (χ2v) is 9.48. The molecule has 1 aromatic carbocycles. The highest BCUT2D eigenvalue weighted by molar-refractivity contribution is 7.89. The zero-order chi connectivity index (χ0) is 21.6. The van der Waals surface area contributed by atoms with Crippen molar-refractivity contribution in [1.29, 1.82) is 0 Å². The molecule has 9 heteroatoms. The zero-order valence-corrected chi connectivity index (χ0v) is 18.3. The minimum Gasteiger partial charge on any atom is -0.307 e. The molecule has 1 aliphatic heterocycles. The highest BCUT2D eigenvalue weighted by Gasteiger charge is 2.19. The lowest BCUT2D eigenvalue weighted by Crippen LogP contribution is -2.34. The van der Waals surface area contributed by atoms with E-state index in [1.165, 1.54) is 5.56 Å². The van der Waals surface area contributed by atoms with Gasteiger partial charge >= 0.3 is 6.03 Å². The summed E-state index contributed by atoms with van der Waals surface area (Å²) in [5.41, 5.74) is 4.70. The molecule has 0 radical (unpaired) electrons. The first kappa shape index (κ1) is 22.2. The molecule has 8 nitrogen and oxygen atoms in total. The van der Waals surface area contributed by atoms with E-state index in [0.717, 1.165) is 49.4 Å². The van der Waals surface area contributed by atoms with E-state index in [1.54, 1.807) is 13.1 Å². The van der Waals surface area contributed by atoms with Gasteiger partial charge in [0.15, 0.2) is 0 Å². The number of nitrogens with one attached hydrogen (secondary N) is 3. The maximum atomic E-state index is 12.4. The largest absolute Gasteiger partial charge is 0.323 e. The van der Waals surface area contributed by atoms with Crippen LogP contribution in [0.1, 0.15) is 30.2 Å². The third kappa shape index (κ3) is 6.25. The second-order valence-electron chi connectivity index (χ2n) is 7.39. The molecule has 2 heterocycles. The smallest absolute Gasteiger partial charge is 0.307 e. The van der Waals surface area contributed by atoms with Crippen LogP contribution >= 0.6 is 0 Å². The van der Waals surface area contributed by atoms with E-state index in [1.807, 2.05) is 31.2 Å². The van der Waals surface area contributed by atoms with Crippen LogP contribution in [0.4, 0.5) is 16.2 Å². The van der Waals surface area contributed by atoms with Crippen molar-refractivity contribution in [2.24, 2.45) is 0 Å². The Morgan fingerprint density at radius 1 is 1.20 bits per heavy atom. The summed E-state index contributed by atoms with van der Waals surface area (Å²) in [5.74, 6) is 0.105. The van der Waals surface area contributed by atoms with E-state index in [9.17, 15) is 13.2 Å². The predicted molar refractivity (Wildman–Crippen MR) is 119 cm³/mol. The van der Waals surface area contributed by atoms with Crippen LogP contribution in [-0.2, 0) is 23.0 Å². The molecule has 162 valence electrons. The number of hydrogen-bond donors (Lipinski definition) is 3. The number of pyridine rings is 1. The molecular weight excluding hydrogens is 402 g/mol. The molecule has 3 N–H and O–H groups in total. The highest BCUT2D eigenvalue weighted by atomic mass is 32.2. The van der Waals surface area contributed by atoms with Gasteiger partial charge in [-0.1, -0.05) is 12.1 Å². The average molecular weight is 432 g/mol. The number of hydrogen-bond acceptors (Lipinski definition) is 5. The van der Waals surface area contributed by atoms with Crippen molar-refractivity contribution >= 4 is 27.4 Å². The average Bonchev–Trinajstić information content (AvgIpc) is 2.73. The Bertz CT molecular complexity index is 977. The number of urea groups is 1. The second kappa shape index (κ2) is 10.0. The molecule has 3 rings (SSSR count). The summed E-state index contributed by atoms with van der Waals surface area (Å²) in [7, 11) is -3.13. The molecule has 0 unspecified atom stereocenters. The van der Waals surface area contributed by atoms with Crippen molar-refractivity contribution in [2.75, 3.05) is 36.0 Å². The Morgan fingerprint density at radius 2 is 2.03 bits per heavy atom. The fourth-order valence-electron chi connectivity index (χ4n) is 3.43. The van der Waals surface area contributed by atoms with E-state index in [4.69, 9.17) is 0 Å². The van der Waals surface area contributed by atoms with Crippen molar-refractivity contribution in [3.63, 3.8) is 0 Å². The summed E-state index contributed by atoms with van der Waals surface area (Å²) in [4.78, 5) is 18.9. The Balaban J connectivity index is 1.54. The number of sulfonamides is 1. The molecule has 0 saturated carbocycles. The standard InChI is InChI=1S/C21H29N5O3S/c1-3-30(28,29)23-11-5-12-26-13-10-19-17(15-26)6-4-7-20(19)25-21(27)24-18-9-8-16(2)22-14-18/h4,6-9,14,23H,3,5,10-13,15H2,1-2H3,(H2,24,25,27). The van der Waals surface area contributed by atoms with Crippen molar-refractivity contribution in [2.45, 2.75) is 33.2 Å². The molecular formula is C21H29N5O3S. The monoisotopic (exact) mass is 431 g/mol. The Hall–Kier alpha value is -2.49. The topological polar surface area (TPSA) is 103 Å². The van der Waals surface area contributed by atoms with Gasteiger partial charge in [0.2, 0.25) is 10.0 Å². The first-order valence-corrected chi connectivity index (χ1v) is 11.8. The van der Waals surface area contributed by atoms with Gasteiger partial charge in [-0.2, -0.15) is 0 Å². The Labute approximate surface area is 178 Å². The van der Waals surface area contributed by atoms with E-state index in [0.29, 0.717) is 12.2 Å². The van der Waals surface area contributed by atoms with Gasteiger partial charge in [-0.05, 0) is 62.6 Å². The Kier molecular flexibility index (Phi) is 7.41. The van der Waals surface area contributed by atoms with Crippen molar-refractivity contribution in [1.82, 2.24) is 14.6 Å². The van der Waals surface area contributed by atoms with E-state index in [-0.39, 0.29) is 11.8 Å². The fourth-order valence-corrected chi connectivity index (χ4v) is 4.09. The number of benzene rings is 1. The number of anilines is 2. The predicted octanol–water partition coefficient (Wildman–Crippen LogP) is 2.72. The number of nitrogens with zero attached hydrogens (tertiary/aromatic N) is 2. The maximum absolute atomic E-state index is 12.4. The van der Waals surface area contributed by atoms with Gasteiger partial charge < -0.3 is 10.6 Å². The number of carbonyl (C=O) groups is 1. The minimum absolute atomic E-state index is 0.105. The van der Waals surface area contributed by atoms with E-state index >= 15 is 0 Å². The van der Waals surface area contributed by atoms with Crippen LogP contribution in [0, 0.1) is 6.92 Å². The number of carbonyl (C=O) groups excluding carboxylic acids is 1. The molecule has 0 spiro atoms. The van der Waals surface area contributed by atoms with Gasteiger partial charge in [-0.15, -0.1) is 0 Å². The highest BCUT2D eigenvalue weighted by Crippen LogP contribution is 2.26. The van der Waals surface area contributed by atoms with Gasteiger partial charge in [0, 0.05) is 31.0 Å². The molecule has 0 bridgehead atoms. The third-order valence-corrected chi connectivity index (χ3v) is 6.52. The summed E-state index contributed by atoms with van der Waals surface area (Å²) in [5, 5.41) is 5.76. The minimum atomic E-state index is -3.13. The molecule has 2 amide bonds. The number of rotatable bonds is 8. The summed E-state index contributed by atoms with van der Waals surface area (Å²) in [6.45, 7) is 6.46. The van der Waals surface area contributed by atoms with Crippen LogP contribution in [0.25, 0.3) is 0 Å². The molecule has 1 aliphatic rings. The number of amides is 2. The molecule has 0 atom stereocenters. The summed E-state index contributed by atoms with van der Waals surface area (Å²) >= 11 is 0. The summed E-state index contributed by atoms with van der Waals surface area (Å²) in [6.07, 6.45) is 3.23. The number of aromatic nitrogens is 1. The van der Waals surface area contributed by atoms with Crippen LogP contribution in [-0.4, -0.2) is 49.7 Å². The first-order chi connectivity index (χ1) is 14.4. The van der Waals surface area contributed by atoms with Gasteiger partial charge in [0.25, 0.3) is 0 Å². The first-order valence-electron chi connectivity index (χ1n) is 10.2. The lowest BCUT2D eigenvalue weighted by Gasteiger charge is -2.30. The zero-order valence-electron chi connectivity index (χ0n) is 17.4. The van der Waals surface area contributed by atoms with Gasteiger partial charge in [0.05, 0.1) is 17.6 Å². The van der Waals surface area contributed by atoms with Crippen molar-refractivity contribution in [3.05, 3.63) is 53.3 Å². The van der Waals surface area contributed by atoms with Crippen molar-refractivity contribution < 1.29 is 13.2 Å². The van der Waals surface area contributed by atoms with E-state index < -0.39 is 10.0 Å². The molecule has 0 saturated heterocycles. The van der Waals surface area contributed by atoms with Gasteiger partial charge in [-0.3, -0.25) is 9.88 Å². The maximum Gasteiger partial charge on any atom is 0.323 e. The molecule has 1 aromatic heterocycles.